The number of ether oxygens (including phenoxy) is 1. The van der Waals surface area contributed by atoms with Crippen LogP contribution >= 0.6 is 0 Å². The van der Waals surface area contributed by atoms with Crippen molar-refractivity contribution in [3.05, 3.63) is 41.7 Å². The zero-order valence-corrected chi connectivity index (χ0v) is 13.1. The van der Waals surface area contributed by atoms with Crippen LogP contribution in [0, 0.1) is 5.82 Å². The summed E-state index contributed by atoms with van der Waals surface area (Å²) in [5, 5.41) is 0. The van der Waals surface area contributed by atoms with Gasteiger partial charge in [0.25, 0.3) is 6.23 Å². The molecule has 0 radical (unpaired) electrons. The molecule has 0 amide bonds. The smallest absolute Gasteiger partial charge is 0.252 e. The van der Waals surface area contributed by atoms with Crippen LogP contribution in [0.2, 0.25) is 0 Å². The summed E-state index contributed by atoms with van der Waals surface area (Å²) in [6.45, 7) is 3.84. The van der Waals surface area contributed by atoms with E-state index in [0.29, 0.717) is 12.8 Å². The molecule has 118 valence electrons. The maximum absolute atomic E-state index is 14.1. The molecule has 0 saturated heterocycles. The lowest BCUT2D eigenvalue weighted by molar-refractivity contribution is -0.130. The minimum atomic E-state index is -0.975. The predicted octanol–water partition coefficient (Wildman–Crippen LogP) is 2.97. The topological polar surface area (TPSA) is 41.9 Å². The van der Waals surface area contributed by atoms with E-state index < -0.39 is 12.0 Å². The second-order valence-corrected chi connectivity index (χ2v) is 5.26. The zero-order chi connectivity index (χ0) is 16.1. The molecule has 0 saturated carbocycles. The Morgan fingerprint density at radius 1 is 1.45 bits per heavy atom. The first kappa shape index (κ1) is 16.2. The van der Waals surface area contributed by atoms with Gasteiger partial charge in [-0.25, -0.2) is 9.38 Å². The fraction of sp³-hybridized carbons (Fsp3) is 0.412. The number of likely N-dealkylation sites (N-methyl/N-ethyl adjacent to an activating group) is 1. The molecule has 0 bridgehead atoms. The molecule has 1 aliphatic heterocycles. The number of carbonyl (C=O) groups excluding carboxylic acids is 1. The largest absolute Gasteiger partial charge is 0.458 e. The number of Topliss-reactive ketones (excluding diaryl/α,β-unsaturated/α-hetero) is 1. The van der Waals surface area contributed by atoms with Gasteiger partial charge in [0, 0.05) is 7.05 Å². The molecule has 4 nitrogen and oxygen atoms in total. The van der Waals surface area contributed by atoms with Gasteiger partial charge >= 0.3 is 0 Å². The average molecular weight is 304 g/mol. The van der Waals surface area contributed by atoms with Crippen LogP contribution in [0.25, 0.3) is 0 Å². The van der Waals surface area contributed by atoms with Crippen LogP contribution in [-0.4, -0.2) is 36.3 Å². The van der Waals surface area contributed by atoms with Gasteiger partial charge in [0.1, 0.15) is 0 Å². The molecule has 1 heterocycles. The summed E-state index contributed by atoms with van der Waals surface area (Å²) in [5.74, 6) is -0.569. The van der Waals surface area contributed by atoms with Gasteiger partial charge in [-0.1, -0.05) is 25.1 Å². The summed E-state index contributed by atoms with van der Waals surface area (Å²) >= 11 is 0. The Balaban J connectivity index is 2.13. The molecule has 2 rings (SSSR count). The van der Waals surface area contributed by atoms with Crippen molar-refractivity contribution >= 4 is 12.1 Å². The number of allylic oxidation sites excluding steroid dienone is 2. The summed E-state index contributed by atoms with van der Waals surface area (Å²) in [6, 6.07) is 4.49. The molecular weight excluding hydrogens is 283 g/mol. The van der Waals surface area contributed by atoms with E-state index in [0.717, 1.165) is 5.56 Å². The van der Waals surface area contributed by atoms with Crippen molar-refractivity contribution in [2.24, 2.45) is 4.99 Å². The number of nitrogens with zero attached hydrogens (tertiary/aromatic N) is 2. The van der Waals surface area contributed by atoms with Crippen LogP contribution in [0.5, 0.6) is 5.75 Å². The van der Waals surface area contributed by atoms with Crippen LogP contribution in [-0.2, 0) is 11.2 Å². The van der Waals surface area contributed by atoms with E-state index in [-0.39, 0.29) is 17.6 Å². The van der Waals surface area contributed by atoms with E-state index in [1.165, 1.54) is 6.07 Å². The van der Waals surface area contributed by atoms with Gasteiger partial charge in [-0.2, -0.15) is 0 Å². The monoisotopic (exact) mass is 304 g/mol. The minimum Gasteiger partial charge on any atom is -0.458 e. The molecule has 1 aromatic carbocycles. The van der Waals surface area contributed by atoms with E-state index in [1.807, 2.05) is 26.0 Å². The molecule has 0 aromatic heterocycles. The SMILES string of the molecule is CC=CCc1ccc(OC2N=CN(C)C(CC)C2=O)c(F)c1. The third-order valence-electron chi connectivity index (χ3n) is 3.66. The molecule has 0 fully saturated rings. The highest BCUT2D eigenvalue weighted by atomic mass is 19.1. The van der Waals surface area contributed by atoms with E-state index in [4.69, 9.17) is 4.74 Å². The number of halogens is 1. The quantitative estimate of drug-likeness (QED) is 0.785. The summed E-state index contributed by atoms with van der Waals surface area (Å²) in [5.41, 5.74) is 0.854. The minimum absolute atomic E-state index is 0.0548. The van der Waals surface area contributed by atoms with Gasteiger partial charge in [-0.15, -0.1) is 0 Å². The fourth-order valence-corrected chi connectivity index (χ4v) is 2.40. The van der Waals surface area contributed by atoms with Crippen molar-refractivity contribution in [3.63, 3.8) is 0 Å². The Morgan fingerprint density at radius 2 is 2.23 bits per heavy atom. The van der Waals surface area contributed by atoms with E-state index >= 15 is 0 Å². The Hall–Kier alpha value is -2.17. The second kappa shape index (κ2) is 7.20. The number of aliphatic imine (C=N–C) groups is 1. The fourth-order valence-electron chi connectivity index (χ4n) is 2.40. The Morgan fingerprint density at radius 3 is 2.86 bits per heavy atom. The van der Waals surface area contributed by atoms with Gasteiger partial charge in [-0.3, -0.25) is 4.79 Å². The number of benzene rings is 1. The third-order valence-corrected chi connectivity index (χ3v) is 3.66. The highest BCUT2D eigenvalue weighted by Crippen LogP contribution is 2.22. The molecule has 2 atom stereocenters. The lowest BCUT2D eigenvalue weighted by Crippen LogP contribution is -2.48. The van der Waals surface area contributed by atoms with Crippen molar-refractivity contribution in [1.82, 2.24) is 4.90 Å². The molecule has 22 heavy (non-hydrogen) atoms. The van der Waals surface area contributed by atoms with E-state index in [1.54, 1.807) is 30.4 Å². The third kappa shape index (κ3) is 3.53. The van der Waals surface area contributed by atoms with Crippen LogP contribution in [0.1, 0.15) is 25.8 Å². The highest BCUT2D eigenvalue weighted by Gasteiger charge is 2.32. The van der Waals surface area contributed by atoms with E-state index in [9.17, 15) is 9.18 Å². The number of rotatable bonds is 5. The molecule has 1 aliphatic rings. The van der Waals surface area contributed by atoms with Crippen LogP contribution in [0.3, 0.4) is 0 Å². The highest BCUT2D eigenvalue weighted by molar-refractivity contribution is 5.92. The normalized spacial score (nSPS) is 21.6. The van der Waals surface area contributed by atoms with Gasteiger partial charge in [-0.05, 0) is 37.5 Å². The van der Waals surface area contributed by atoms with Gasteiger partial charge in [0.05, 0.1) is 12.4 Å². The van der Waals surface area contributed by atoms with Crippen molar-refractivity contribution in [2.75, 3.05) is 7.05 Å². The number of ketones is 1. The standard InChI is InChI=1S/C17H21FN2O2/c1-4-6-7-12-8-9-15(13(18)10-12)22-17-16(21)14(5-2)20(3)11-19-17/h4,6,8-11,14,17H,5,7H2,1-3H3. The summed E-state index contributed by atoms with van der Waals surface area (Å²) in [7, 11) is 1.79. The summed E-state index contributed by atoms with van der Waals surface area (Å²) < 4.78 is 19.6. The maximum atomic E-state index is 14.1. The maximum Gasteiger partial charge on any atom is 0.252 e. The molecular formula is C17H21FN2O2. The number of hydrogen-bond donors (Lipinski definition) is 0. The van der Waals surface area contributed by atoms with Gasteiger partial charge in [0.15, 0.2) is 11.6 Å². The van der Waals surface area contributed by atoms with Gasteiger partial charge < -0.3 is 9.64 Å². The predicted molar refractivity (Wildman–Crippen MR) is 84.7 cm³/mol. The molecule has 0 N–H and O–H groups in total. The first-order chi connectivity index (χ1) is 10.6. The first-order valence-electron chi connectivity index (χ1n) is 7.42. The lowest BCUT2D eigenvalue weighted by Gasteiger charge is -2.30. The Bertz CT molecular complexity index is 598. The zero-order valence-electron chi connectivity index (χ0n) is 13.1. The molecule has 0 aliphatic carbocycles. The van der Waals surface area contributed by atoms with Crippen molar-refractivity contribution in [3.8, 4) is 5.75 Å². The Kier molecular flexibility index (Phi) is 5.31. The average Bonchev–Trinajstić information content (AvgIpc) is 2.50. The number of carbonyl (C=O) groups is 1. The van der Waals surface area contributed by atoms with Crippen LogP contribution in [0.15, 0.2) is 35.3 Å². The first-order valence-corrected chi connectivity index (χ1v) is 7.42. The van der Waals surface area contributed by atoms with Crippen LogP contribution in [0.4, 0.5) is 4.39 Å². The van der Waals surface area contributed by atoms with E-state index in [2.05, 4.69) is 4.99 Å². The molecule has 1 aromatic rings. The summed E-state index contributed by atoms with van der Waals surface area (Å²) in [4.78, 5) is 18.1. The molecule has 2 unspecified atom stereocenters. The lowest BCUT2D eigenvalue weighted by atomic mass is 10.1. The van der Waals surface area contributed by atoms with Crippen molar-refractivity contribution in [1.29, 1.82) is 0 Å². The Labute approximate surface area is 130 Å². The van der Waals surface area contributed by atoms with Crippen molar-refractivity contribution < 1.29 is 13.9 Å². The van der Waals surface area contributed by atoms with Crippen molar-refractivity contribution in [2.45, 2.75) is 39.0 Å². The van der Waals surface area contributed by atoms with Gasteiger partial charge in [0.2, 0.25) is 5.78 Å². The summed E-state index contributed by atoms with van der Waals surface area (Å²) in [6.07, 6.45) is 5.78. The molecule has 5 heteroatoms. The second-order valence-electron chi connectivity index (χ2n) is 5.26. The molecule has 0 spiro atoms. The van der Waals surface area contributed by atoms with Crippen LogP contribution < -0.4 is 4.74 Å². The number of hydrogen-bond acceptors (Lipinski definition) is 4.